The third-order valence-corrected chi connectivity index (χ3v) is 23.9. The van der Waals surface area contributed by atoms with Crippen LogP contribution in [0.3, 0.4) is 0 Å². The maximum atomic E-state index is 15.7. The van der Waals surface area contributed by atoms with Gasteiger partial charge in [0.2, 0.25) is 100 Å². The predicted octanol–water partition coefficient (Wildman–Crippen LogP) is -3.80. The second kappa shape index (κ2) is 49.9. The molecule has 2 fully saturated rings. The molecule has 23 N–H and O–H groups in total. The number of likely N-dealkylation sites (N-methyl/N-ethyl adjacent to an activating group) is 4. The minimum Gasteiger partial charge on any atom is -0.394 e. The number of para-hydroxylation sites is 2. The first kappa shape index (κ1) is 103. The number of aromatic nitrogens is 4. The molecule has 8 rings (SSSR count). The van der Waals surface area contributed by atoms with E-state index >= 15 is 24.0 Å². The number of aliphatic hydroxyl groups is 2. The van der Waals surface area contributed by atoms with Crippen molar-refractivity contribution in [1.82, 2.24) is 103 Å². The highest BCUT2D eigenvalue weighted by Gasteiger charge is 2.44. The minimum atomic E-state index is -1.88. The molecule has 14 unspecified atom stereocenters. The first-order valence-electron chi connectivity index (χ1n) is 43.4. The summed E-state index contributed by atoms with van der Waals surface area (Å²) in [6.45, 7) is 3.33. The van der Waals surface area contributed by atoms with Gasteiger partial charge >= 0.3 is 0 Å². The normalized spacial score (nSPS) is 23.8. The van der Waals surface area contributed by atoms with Crippen LogP contribution in [0.25, 0.3) is 21.8 Å². The maximum absolute atomic E-state index is 15.7. The number of imidazole rings is 1. The SMILES string of the molecule is CCCCC1C(=O)N(C)C(CCCC)C(=O)NC(CCCNC(=N)N)C(=O)NC(C(=O)NCC(N)=O)CSCC(=O)NC(Cc2ccccc2)C(=O)N(C)C(C)C(=O)NC(CC(N)=O)C(=O)N2CCCC2C(=O)NC(Cc2cnc[nH]2)C(=O)NC(C(C)O)C(=O)N(C)CC(=O)NC(Cc2c[nH]c3ccccc23)C(=O)NC(CO)C(=O)NC(Cc2c[nH]c3ccccc23)C(=O)N1C. The van der Waals surface area contributed by atoms with Gasteiger partial charge in [0.25, 0.3) is 0 Å². The van der Waals surface area contributed by atoms with Gasteiger partial charge < -0.3 is 125 Å². The number of aliphatic hydroxyl groups excluding tert-OH is 2. The maximum Gasteiger partial charge on any atom is 0.248 e. The van der Waals surface area contributed by atoms with E-state index in [2.05, 4.69) is 78.4 Å². The Morgan fingerprint density at radius 1 is 0.550 bits per heavy atom. The van der Waals surface area contributed by atoms with Crippen LogP contribution in [-0.2, 0) is 107 Å². The van der Waals surface area contributed by atoms with Crippen molar-refractivity contribution in [2.45, 2.75) is 209 Å². The molecule has 0 spiro atoms. The van der Waals surface area contributed by atoms with Gasteiger partial charge in [-0.2, -0.15) is 0 Å². The van der Waals surface area contributed by atoms with Gasteiger partial charge in [-0.3, -0.25) is 86.9 Å². The number of unbranched alkanes of at least 4 members (excludes halogenated alkanes) is 2. The number of carbonyl (C=O) groups is 17. The van der Waals surface area contributed by atoms with Gasteiger partial charge in [-0.05, 0) is 81.2 Å². The molecule has 14 atom stereocenters. The number of rotatable bonds is 25. The number of nitrogens with one attached hydrogen (secondary N) is 15. The number of nitrogens with two attached hydrogens (primary N) is 3. The Morgan fingerprint density at radius 3 is 1.69 bits per heavy atom. The molecule has 0 bridgehead atoms. The Bertz CT molecular complexity index is 5030. The molecule has 2 aliphatic rings. The van der Waals surface area contributed by atoms with Crippen LogP contribution in [-0.4, -0.2) is 318 Å². The fourth-order valence-electron chi connectivity index (χ4n) is 15.4. The summed E-state index contributed by atoms with van der Waals surface area (Å²) in [4.78, 5) is 266. The number of amides is 17. The molecular weight excluding hydrogens is 1720 g/mol. The molecule has 17 amide bonds. The fourth-order valence-corrected chi connectivity index (χ4v) is 16.3. The summed E-state index contributed by atoms with van der Waals surface area (Å²) in [6, 6.07) is 1.90. The smallest absolute Gasteiger partial charge is 0.248 e. The van der Waals surface area contributed by atoms with Gasteiger partial charge in [-0.15, -0.1) is 11.8 Å². The number of guanidine groups is 1. The number of nitrogens with zero attached hydrogens (tertiary/aromatic N) is 6. The molecule has 2 saturated heterocycles. The Labute approximate surface area is 760 Å². The van der Waals surface area contributed by atoms with Gasteiger partial charge in [0.05, 0.1) is 44.3 Å². The van der Waals surface area contributed by atoms with Crippen LogP contribution in [0.2, 0.25) is 0 Å². The number of benzene rings is 3. The van der Waals surface area contributed by atoms with Crippen molar-refractivity contribution >= 4 is 140 Å². The van der Waals surface area contributed by atoms with Gasteiger partial charge in [0, 0.05) is 119 Å². The third-order valence-electron chi connectivity index (χ3n) is 22.9. The molecule has 2 aliphatic heterocycles. The number of thioether (sulfide) groups is 1. The Hall–Kier alpha value is -13.5. The zero-order valence-corrected chi connectivity index (χ0v) is 75.4. The van der Waals surface area contributed by atoms with E-state index in [1.807, 2.05) is 13.8 Å². The van der Waals surface area contributed by atoms with E-state index in [1.54, 1.807) is 91.3 Å². The summed E-state index contributed by atoms with van der Waals surface area (Å²) in [6.07, 6.45) is 3.86. The molecule has 3 aromatic carbocycles. The number of H-pyrrole nitrogens is 3. The molecule has 710 valence electrons. The highest BCUT2D eigenvalue weighted by atomic mass is 32.2. The molecule has 44 heteroatoms. The monoisotopic (exact) mass is 1840 g/mol. The molecular formula is C87H122N24O19S. The first-order chi connectivity index (χ1) is 62.4. The summed E-state index contributed by atoms with van der Waals surface area (Å²) in [5, 5.41) is 60.0. The molecule has 131 heavy (non-hydrogen) atoms. The summed E-state index contributed by atoms with van der Waals surface area (Å²) in [5.41, 5.74) is 19.8. The zero-order valence-electron chi connectivity index (χ0n) is 74.6. The number of fused-ring (bicyclic) bond motifs is 3. The standard InChI is InChI=1S/C87H122N24O19S/c1-9-11-29-66-80(124)100-58(28-20-32-93-87(90)91)76(120)105-65(75(119)96-42-70(89)115)45-131-46-72(117)99-61(34-50-22-14-13-15-23-50)82(126)108(6)48(3)74(118)102-63(38-69(88)114)84(128)111-33-21-31-67(111)81(125)101-60(37-53-41-92-47-97-53)78(122)106-73(49(4)113)86(130)107(5)43-71(116)98-59(35-51-39-94-56-26-18-16-24-54(51)56)77(121)104-64(44-112)79(123)103-62(36-52-40-95-57-27-19-17-25-55(52)57)83(127)110(8)68(30-12-10-2)85(129)109(66)7/h13-19,22-27,39-41,47-49,58-68,73,94-95,112-113H,9-12,20-21,28-38,42-46H2,1-8H3,(H2,88,114)(H2,89,115)(H,92,97)(H,96,119)(H,98,116)(H,99,117)(H,100,124)(H,101,125)(H,102,118)(H,103,123)(H,104,121)(H,105,120)(H,106,122)(H4,90,91,93). The van der Waals surface area contributed by atoms with Crippen LogP contribution in [0.5, 0.6) is 0 Å². The molecule has 0 saturated carbocycles. The molecule has 0 radical (unpaired) electrons. The van der Waals surface area contributed by atoms with Crippen molar-refractivity contribution in [3.63, 3.8) is 0 Å². The number of carbonyl (C=O) groups excluding carboxylic acids is 17. The number of hydrogen-bond donors (Lipinski definition) is 20. The van der Waals surface area contributed by atoms with Crippen LogP contribution in [0.15, 0.2) is 104 Å². The Morgan fingerprint density at radius 2 is 1.09 bits per heavy atom. The second-order valence-electron chi connectivity index (χ2n) is 32.7. The molecule has 3 aromatic heterocycles. The van der Waals surface area contributed by atoms with Crippen molar-refractivity contribution in [1.29, 1.82) is 5.41 Å². The summed E-state index contributed by atoms with van der Waals surface area (Å²) < 4.78 is 0. The van der Waals surface area contributed by atoms with Crippen molar-refractivity contribution in [2.24, 2.45) is 17.2 Å². The highest BCUT2D eigenvalue weighted by molar-refractivity contribution is 8.00. The summed E-state index contributed by atoms with van der Waals surface area (Å²) >= 11 is 0.786. The van der Waals surface area contributed by atoms with Crippen LogP contribution >= 0.6 is 11.8 Å². The molecule has 0 aliphatic carbocycles. The number of aromatic amines is 3. The Balaban J connectivity index is 1.18. The van der Waals surface area contributed by atoms with Crippen molar-refractivity contribution in [2.75, 3.05) is 72.5 Å². The average molecular weight is 1840 g/mol. The quantitative estimate of drug-likeness (QED) is 0.0148. The predicted molar refractivity (Wildman–Crippen MR) is 482 cm³/mol. The summed E-state index contributed by atoms with van der Waals surface area (Å²) in [5.74, 6) is -17.7. The largest absolute Gasteiger partial charge is 0.394 e. The second-order valence-corrected chi connectivity index (χ2v) is 33.7. The highest BCUT2D eigenvalue weighted by Crippen LogP contribution is 2.26. The first-order valence-corrected chi connectivity index (χ1v) is 44.6. The van der Waals surface area contributed by atoms with E-state index in [0.29, 0.717) is 64.2 Å². The van der Waals surface area contributed by atoms with Crippen molar-refractivity contribution in [3.8, 4) is 0 Å². The van der Waals surface area contributed by atoms with Gasteiger partial charge in [-0.1, -0.05) is 106 Å². The van der Waals surface area contributed by atoms with E-state index < -0.39 is 229 Å². The van der Waals surface area contributed by atoms with E-state index in [-0.39, 0.29) is 83.0 Å². The van der Waals surface area contributed by atoms with Crippen LogP contribution in [0.4, 0.5) is 0 Å². The zero-order chi connectivity index (χ0) is 95.9. The lowest BCUT2D eigenvalue weighted by atomic mass is 10.00. The van der Waals surface area contributed by atoms with Gasteiger partial charge in [-0.25, -0.2) is 4.98 Å². The minimum absolute atomic E-state index is 0.00412. The molecule has 6 aromatic rings. The topological polar surface area (TPSA) is 641 Å². The lowest BCUT2D eigenvalue weighted by Gasteiger charge is -2.36. The van der Waals surface area contributed by atoms with Gasteiger partial charge in [0.1, 0.15) is 78.5 Å². The average Bonchev–Trinajstić information content (AvgIpc) is 1.73. The number of primary amides is 2. The van der Waals surface area contributed by atoms with Crippen LogP contribution in [0.1, 0.15) is 121 Å². The van der Waals surface area contributed by atoms with Gasteiger partial charge in [0.15, 0.2) is 5.96 Å². The summed E-state index contributed by atoms with van der Waals surface area (Å²) in [7, 11) is 5.09. The van der Waals surface area contributed by atoms with Crippen molar-refractivity contribution < 1.29 is 91.7 Å². The van der Waals surface area contributed by atoms with E-state index in [1.165, 1.54) is 47.5 Å². The lowest BCUT2D eigenvalue weighted by molar-refractivity contribution is -0.149. The van der Waals surface area contributed by atoms with Crippen LogP contribution in [0, 0.1) is 5.41 Å². The lowest BCUT2D eigenvalue weighted by Crippen LogP contribution is -2.61. The third kappa shape index (κ3) is 29.5. The van der Waals surface area contributed by atoms with E-state index in [4.69, 9.17) is 22.6 Å². The fraction of sp³-hybridized carbons (Fsp3) is 0.506. The van der Waals surface area contributed by atoms with Crippen molar-refractivity contribution in [3.05, 3.63) is 126 Å². The molecule has 43 nitrogen and oxygen atoms in total. The molecule has 5 heterocycles. The van der Waals surface area contributed by atoms with E-state index in [0.717, 1.165) is 43.3 Å². The van der Waals surface area contributed by atoms with E-state index in [9.17, 15) is 67.7 Å². The Kier molecular flexibility index (Phi) is 39.2. The van der Waals surface area contributed by atoms with Crippen LogP contribution < -0.4 is 75.7 Å². The number of hydrogen-bond acceptors (Lipinski definition) is 22.